The third-order valence-electron chi connectivity index (χ3n) is 2.60. The van der Waals surface area contributed by atoms with Gasteiger partial charge in [0.15, 0.2) is 5.75 Å². The number of hydrogen-bond acceptors (Lipinski definition) is 4. The molecule has 0 saturated carbocycles. The highest BCUT2D eigenvalue weighted by Crippen LogP contribution is 2.24. The van der Waals surface area contributed by atoms with Crippen molar-refractivity contribution < 1.29 is 4.74 Å². The Morgan fingerprint density at radius 2 is 1.56 bits per heavy atom. The maximum Gasteiger partial charge on any atom is 0.220 e. The molecule has 0 aliphatic carbocycles. The molecule has 0 radical (unpaired) electrons. The number of nitrogens with two attached hydrogens (primary N) is 1. The van der Waals surface area contributed by atoms with Gasteiger partial charge in [-0.05, 0) is 22.9 Å². The summed E-state index contributed by atoms with van der Waals surface area (Å²) >= 11 is 0. The smallest absolute Gasteiger partial charge is 0.220 e. The molecule has 0 atom stereocenters. The predicted molar refractivity (Wildman–Crippen MR) is 70.5 cm³/mol. The molecule has 4 nitrogen and oxygen atoms in total. The fourth-order valence-electron chi connectivity index (χ4n) is 1.75. The molecule has 0 fully saturated rings. The summed E-state index contributed by atoms with van der Waals surface area (Å²) < 4.78 is 5.66. The number of fused-ring (bicyclic) bond motifs is 1. The van der Waals surface area contributed by atoms with Crippen molar-refractivity contribution in [3.63, 3.8) is 0 Å². The Morgan fingerprint density at radius 3 is 2.33 bits per heavy atom. The van der Waals surface area contributed by atoms with Gasteiger partial charge in [0.1, 0.15) is 5.75 Å². The topological polar surface area (TPSA) is 61.0 Å². The van der Waals surface area contributed by atoms with Gasteiger partial charge >= 0.3 is 0 Å². The summed E-state index contributed by atoms with van der Waals surface area (Å²) in [6.07, 6.45) is 3.11. The summed E-state index contributed by atoms with van der Waals surface area (Å²) in [4.78, 5) is 7.76. The number of nitrogens with zero attached hydrogens (tertiary/aromatic N) is 2. The van der Waals surface area contributed by atoms with E-state index in [1.54, 1.807) is 12.4 Å². The summed E-state index contributed by atoms with van der Waals surface area (Å²) in [6.45, 7) is 0. The number of aromatic nitrogens is 2. The third kappa shape index (κ3) is 2.08. The molecule has 0 spiro atoms. The second-order valence-electron chi connectivity index (χ2n) is 3.89. The van der Waals surface area contributed by atoms with E-state index in [-0.39, 0.29) is 5.95 Å². The second-order valence-corrected chi connectivity index (χ2v) is 3.89. The van der Waals surface area contributed by atoms with Gasteiger partial charge in [-0.15, -0.1) is 0 Å². The Kier molecular flexibility index (Phi) is 2.53. The minimum Gasteiger partial charge on any atom is -0.454 e. The van der Waals surface area contributed by atoms with Crippen LogP contribution in [-0.2, 0) is 0 Å². The lowest BCUT2D eigenvalue weighted by atomic mass is 10.1. The first-order valence-electron chi connectivity index (χ1n) is 5.55. The van der Waals surface area contributed by atoms with Crippen LogP contribution < -0.4 is 10.5 Å². The fraction of sp³-hybridized carbons (Fsp3) is 0. The lowest BCUT2D eigenvalue weighted by molar-refractivity contribution is 0.478. The van der Waals surface area contributed by atoms with Crippen molar-refractivity contribution in [3.8, 4) is 11.5 Å². The molecule has 4 heteroatoms. The normalized spacial score (nSPS) is 10.4. The van der Waals surface area contributed by atoms with Gasteiger partial charge in [0.25, 0.3) is 0 Å². The van der Waals surface area contributed by atoms with Crippen molar-refractivity contribution in [3.05, 3.63) is 54.9 Å². The average molecular weight is 237 g/mol. The molecule has 2 N–H and O–H groups in total. The molecule has 0 aliphatic heterocycles. The standard InChI is InChI=1S/C14H11N3O/c15-14-16-8-13(9-17-14)18-12-6-5-10-3-1-2-4-11(10)7-12/h1-9H,(H2,15,16,17). The number of benzene rings is 2. The zero-order chi connectivity index (χ0) is 12.4. The van der Waals surface area contributed by atoms with Crippen LogP contribution in [0, 0.1) is 0 Å². The first-order valence-corrected chi connectivity index (χ1v) is 5.55. The van der Waals surface area contributed by atoms with Crippen LogP contribution in [0.25, 0.3) is 10.8 Å². The Bertz CT molecular complexity index is 680. The van der Waals surface area contributed by atoms with Gasteiger partial charge < -0.3 is 10.5 Å². The number of nitrogen functional groups attached to an aromatic ring is 1. The van der Waals surface area contributed by atoms with Crippen molar-refractivity contribution in [2.45, 2.75) is 0 Å². The van der Waals surface area contributed by atoms with Gasteiger partial charge in [-0.3, -0.25) is 0 Å². The lowest BCUT2D eigenvalue weighted by Gasteiger charge is -2.06. The third-order valence-corrected chi connectivity index (χ3v) is 2.60. The summed E-state index contributed by atoms with van der Waals surface area (Å²) in [5.74, 6) is 1.56. The summed E-state index contributed by atoms with van der Waals surface area (Å²) in [7, 11) is 0. The first kappa shape index (κ1) is 10.5. The number of ether oxygens (including phenoxy) is 1. The van der Waals surface area contributed by atoms with E-state index >= 15 is 0 Å². The average Bonchev–Trinajstić information content (AvgIpc) is 2.41. The van der Waals surface area contributed by atoms with Gasteiger partial charge in [0.2, 0.25) is 5.95 Å². The molecule has 0 amide bonds. The van der Waals surface area contributed by atoms with Crippen molar-refractivity contribution in [1.82, 2.24) is 9.97 Å². The molecular formula is C14H11N3O. The van der Waals surface area contributed by atoms with Crippen LogP contribution in [-0.4, -0.2) is 9.97 Å². The van der Waals surface area contributed by atoms with Crippen molar-refractivity contribution in [1.29, 1.82) is 0 Å². The van der Waals surface area contributed by atoms with Gasteiger partial charge in [-0.1, -0.05) is 30.3 Å². The van der Waals surface area contributed by atoms with E-state index in [4.69, 9.17) is 10.5 Å². The molecule has 0 unspecified atom stereocenters. The van der Waals surface area contributed by atoms with E-state index in [1.807, 2.05) is 36.4 Å². The van der Waals surface area contributed by atoms with E-state index < -0.39 is 0 Å². The largest absolute Gasteiger partial charge is 0.454 e. The summed E-state index contributed by atoms with van der Waals surface area (Å²) in [5, 5.41) is 2.31. The molecule has 0 bridgehead atoms. The van der Waals surface area contributed by atoms with E-state index in [9.17, 15) is 0 Å². The van der Waals surface area contributed by atoms with Gasteiger partial charge in [-0.2, -0.15) is 0 Å². The monoisotopic (exact) mass is 237 g/mol. The lowest BCUT2D eigenvalue weighted by Crippen LogP contribution is -1.94. The summed E-state index contributed by atoms with van der Waals surface area (Å²) in [5.41, 5.74) is 5.42. The Labute approximate surface area is 104 Å². The highest BCUT2D eigenvalue weighted by molar-refractivity contribution is 5.83. The number of anilines is 1. The highest BCUT2D eigenvalue weighted by Gasteiger charge is 2.00. The Morgan fingerprint density at radius 1 is 0.833 bits per heavy atom. The molecule has 0 aliphatic rings. The molecule has 18 heavy (non-hydrogen) atoms. The number of rotatable bonds is 2. The van der Waals surface area contributed by atoms with E-state index in [1.165, 1.54) is 5.39 Å². The van der Waals surface area contributed by atoms with Crippen LogP contribution in [0.2, 0.25) is 0 Å². The molecule has 0 saturated heterocycles. The molecular weight excluding hydrogens is 226 g/mol. The minimum atomic E-state index is 0.237. The zero-order valence-corrected chi connectivity index (χ0v) is 9.58. The maximum absolute atomic E-state index is 5.66. The van der Waals surface area contributed by atoms with E-state index in [2.05, 4.69) is 16.0 Å². The molecule has 3 aromatic rings. The summed E-state index contributed by atoms with van der Waals surface area (Å²) in [6, 6.07) is 14.0. The zero-order valence-electron chi connectivity index (χ0n) is 9.58. The molecule has 2 aromatic carbocycles. The molecule has 88 valence electrons. The van der Waals surface area contributed by atoms with Crippen molar-refractivity contribution >= 4 is 16.7 Å². The van der Waals surface area contributed by atoms with E-state index in [0.29, 0.717) is 5.75 Å². The SMILES string of the molecule is Nc1ncc(Oc2ccc3ccccc3c2)cn1. The van der Waals surface area contributed by atoms with Crippen LogP contribution in [0.3, 0.4) is 0 Å². The Balaban J connectivity index is 1.92. The fourth-order valence-corrected chi connectivity index (χ4v) is 1.75. The molecule has 1 aromatic heterocycles. The van der Waals surface area contributed by atoms with Crippen LogP contribution >= 0.6 is 0 Å². The first-order chi connectivity index (χ1) is 8.81. The van der Waals surface area contributed by atoms with Gasteiger partial charge in [-0.25, -0.2) is 9.97 Å². The Hall–Kier alpha value is -2.62. The quantitative estimate of drug-likeness (QED) is 0.744. The minimum absolute atomic E-state index is 0.237. The van der Waals surface area contributed by atoms with Crippen LogP contribution in [0.4, 0.5) is 5.95 Å². The predicted octanol–water partition coefficient (Wildman–Crippen LogP) is 3.00. The van der Waals surface area contributed by atoms with Gasteiger partial charge in [0.05, 0.1) is 12.4 Å². The second kappa shape index (κ2) is 4.33. The molecule has 1 heterocycles. The van der Waals surface area contributed by atoms with Crippen LogP contribution in [0.5, 0.6) is 11.5 Å². The van der Waals surface area contributed by atoms with Crippen LogP contribution in [0.15, 0.2) is 54.9 Å². The molecule has 3 rings (SSSR count). The van der Waals surface area contributed by atoms with E-state index in [0.717, 1.165) is 11.1 Å². The van der Waals surface area contributed by atoms with Crippen molar-refractivity contribution in [2.75, 3.05) is 5.73 Å². The van der Waals surface area contributed by atoms with Crippen LogP contribution in [0.1, 0.15) is 0 Å². The van der Waals surface area contributed by atoms with Gasteiger partial charge in [0, 0.05) is 0 Å². The maximum atomic E-state index is 5.66. The number of hydrogen-bond donors (Lipinski definition) is 1. The highest BCUT2D eigenvalue weighted by atomic mass is 16.5. The van der Waals surface area contributed by atoms with Crippen molar-refractivity contribution in [2.24, 2.45) is 0 Å².